The van der Waals surface area contributed by atoms with Gasteiger partial charge in [-0.2, -0.15) is 0 Å². The molecule has 0 bridgehead atoms. The number of allylic oxidation sites excluding steroid dienone is 1. The number of pyridine rings is 2. The highest BCUT2D eigenvalue weighted by Gasteiger charge is 2.26. The van der Waals surface area contributed by atoms with Crippen LogP contribution in [0.4, 0.5) is 10.1 Å². The largest absolute Gasteiger partial charge is 0.367 e. The van der Waals surface area contributed by atoms with Crippen molar-refractivity contribution in [3.63, 3.8) is 0 Å². The lowest BCUT2D eigenvalue weighted by Gasteiger charge is -2.40. The maximum atomic E-state index is 14.8. The molecule has 0 saturated carbocycles. The molecular weight excluding hydrogens is 431 g/mol. The first kappa shape index (κ1) is 23.9. The molecule has 0 amide bonds. The van der Waals surface area contributed by atoms with Crippen molar-refractivity contribution in [3.8, 4) is 0 Å². The normalized spacial score (nSPS) is 17.3. The minimum absolute atomic E-state index is 0.00904. The minimum Gasteiger partial charge on any atom is -0.367 e. The van der Waals surface area contributed by atoms with Crippen LogP contribution in [-0.4, -0.2) is 45.0 Å². The zero-order valence-electron chi connectivity index (χ0n) is 20.8. The van der Waals surface area contributed by atoms with Gasteiger partial charge in [0, 0.05) is 56.3 Å². The number of halogens is 1. The Morgan fingerprint density at radius 3 is 2.68 bits per heavy atom. The Labute approximate surface area is 199 Å². The molecule has 8 heteroatoms. The van der Waals surface area contributed by atoms with Crippen molar-refractivity contribution in [2.45, 2.75) is 53.5 Å². The summed E-state index contributed by atoms with van der Waals surface area (Å²) >= 11 is 0. The lowest BCUT2D eigenvalue weighted by Crippen LogP contribution is -2.57. The van der Waals surface area contributed by atoms with Gasteiger partial charge in [-0.3, -0.25) is 9.36 Å². The second-order valence-corrected chi connectivity index (χ2v) is 9.65. The Kier molecular flexibility index (Phi) is 6.45. The predicted octanol–water partition coefficient (Wildman–Crippen LogP) is 4.17. The Hall–Kier alpha value is -3.26. The summed E-state index contributed by atoms with van der Waals surface area (Å²) in [4.78, 5) is 24.0. The summed E-state index contributed by atoms with van der Waals surface area (Å²) in [5.74, 6) is -0.534. The van der Waals surface area contributed by atoms with Crippen molar-refractivity contribution in [2.75, 3.05) is 24.5 Å². The lowest BCUT2D eigenvalue weighted by atomic mass is 10.0. The lowest BCUT2D eigenvalue weighted by molar-refractivity contribution is 0.0931. The molecule has 0 spiro atoms. The van der Waals surface area contributed by atoms with Gasteiger partial charge in [-0.25, -0.2) is 14.4 Å². The number of aryl methyl sites for hydroxylation is 1. The molecular formula is C26H33FN6O. The van der Waals surface area contributed by atoms with E-state index in [1.165, 1.54) is 13.0 Å². The van der Waals surface area contributed by atoms with Gasteiger partial charge in [0.15, 0.2) is 11.5 Å². The highest BCUT2D eigenvalue weighted by Crippen LogP contribution is 2.25. The molecule has 0 atom stereocenters. The molecule has 4 rings (SSSR count). The number of carbonyl (C=O) groups is 1. The van der Waals surface area contributed by atoms with Crippen LogP contribution in [0.1, 0.15) is 57.1 Å². The zero-order valence-corrected chi connectivity index (χ0v) is 20.8. The fourth-order valence-corrected chi connectivity index (χ4v) is 4.37. The Bertz CT molecular complexity index is 1350. The molecule has 1 N–H and O–H groups in total. The fourth-order valence-electron chi connectivity index (χ4n) is 4.37. The van der Waals surface area contributed by atoms with E-state index in [2.05, 4.69) is 29.0 Å². The van der Waals surface area contributed by atoms with Crippen LogP contribution in [0.2, 0.25) is 0 Å². The van der Waals surface area contributed by atoms with Gasteiger partial charge in [0.1, 0.15) is 5.49 Å². The van der Waals surface area contributed by atoms with E-state index in [0.717, 1.165) is 43.0 Å². The number of hydrogen-bond acceptors (Lipinski definition) is 5. The number of anilines is 1. The third-order valence-electron chi connectivity index (χ3n) is 6.25. The van der Waals surface area contributed by atoms with Crippen LogP contribution < -0.4 is 15.7 Å². The SMILES string of the molecule is CC/C(C)=C(/N=c1ccc(N2CCNC(C)(C)C2)cn1C(C)=O)c1cc(F)c2nc(C)cn2c1. The van der Waals surface area contributed by atoms with Crippen molar-refractivity contribution in [1.29, 1.82) is 0 Å². The highest BCUT2D eigenvalue weighted by molar-refractivity contribution is 5.77. The van der Waals surface area contributed by atoms with Gasteiger partial charge in [-0.05, 0) is 57.9 Å². The first-order valence-electron chi connectivity index (χ1n) is 11.7. The molecule has 7 nitrogen and oxygen atoms in total. The number of fused-ring (bicyclic) bond motifs is 1. The number of piperazine rings is 1. The van der Waals surface area contributed by atoms with Gasteiger partial charge in [0.05, 0.1) is 17.1 Å². The molecule has 0 aromatic carbocycles. The number of hydrogen-bond donors (Lipinski definition) is 1. The summed E-state index contributed by atoms with van der Waals surface area (Å²) in [6, 6.07) is 5.33. The maximum absolute atomic E-state index is 14.8. The third-order valence-corrected chi connectivity index (χ3v) is 6.25. The summed E-state index contributed by atoms with van der Waals surface area (Å²) in [6.07, 6.45) is 6.23. The van der Waals surface area contributed by atoms with Gasteiger partial charge in [0.2, 0.25) is 5.91 Å². The molecule has 1 fully saturated rings. The van der Waals surface area contributed by atoms with E-state index in [1.54, 1.807) is 15.2 Å². The van der Waals surface area contributed by atoms with Crippen molar-refractivity contribution >= 4 is 22.9 Å². The average molecular weight is 465 g/mol. The number of imidazole rings is 1. The minimum atomic E-state index is -0.404. The van der Waals surface area contributed by atoms with E-state index in [1.807, 2.05) is 45.3 Å². The van der Waals surface area contributed by atoms with E-state index in [0.29, 0.717) is 16.7 Å². The fraction of sp³-hybridized carbons (Fsp3) is 0.423. The average Bonchev–Trinajstić information content (AvgIpc) is 3.17. The van der Waals surface area contributed by atoms with Crippen LogP contribution in [0.25, 0.3) is 11.3 Å². The second-order valence-electron chi connectivity index (χ2n) is 9.65. The topological polar surface area (TPSA) is 66.9 Å². The Morgan fingerprint density at radius 1 is 1.24 bits per heavy atom. The van der Waals surface area contributed by atoms with Gasteiger partial charge >= 0.3 is 0 Å². The number of aromatic nitrogens is 3. The van der Waals surface area contributed by atoms with E-state index in [4.69, 9.17) is 4.99 Å². The standard InChI is InChI=1S/C26H33FN6O/c1-7-17(2)24(20-12-22(27)25-29-18(3)13-32(25)14-20)30-23-9-8-21(15-33(23)19(4)34)31-11-10-28-26(5,6)16-31/h8-9,12-15,28H,7,10-11,16H2,1-6H3/b24-17+,30-23?. The molecule has 1 aliphatic rings. The van der Waals surface area contributed by atoms with E-state index < -0.39 is 5.82 Å². The Morgan fingerprint density at radius 2 is 2.00 bits per heavy atom. The van der Waals surface area contributed by atoms with Crippen molar-refractivity contribution in [2.24, 2.45) is 4.99 Å². The maximum Gasteiger partial charge on any atom is 0.229 e. The van der Waals surface area contributed by atoms with Crippen LogP contribution in [0.3, 0.4) is 0 Å². The molecule has 1 aliphatic heterocycles. The van der Waals surface area contributed by atoms with Crippen LogP contribution in [0.15, 0.2) is 47.4 Å². The van der Waals surface area contributed by atoms with Gasteiger partial charge in [0.25, 0.3) is 0 Å². The molecule has 3 aromatic heterocycles. The van der Waals surface area contributed by atoms with Gasteiger partial charge in [-0.1, -0.05) is 6.92 Å². The van der Waals surface area contributed by atoms with Crippen LogP contribution >= 0.6 is 0 Å². The summed E-state index contributed by atoms with van der Waals surface area (Å²) < 4.78 is 18.1. The smallest absolute Gasteiger partial charge is 0.229 e. The summed E-state index contributed by atoms with van der Waals surface area (Å²) in [6.45, 7) is 14.3. The summed E-state index contributed by atoms with van der Waals surface area (Å²) in [5.41, 5.74) is 4.80. The summed E-state index contributed by atoms with van der Waals surface area (Å²) in [5, 5.41) is 3.51. The molecule has 1 saturated heterocycles. The van der Waals surface area contributed by atoms with Crippen molar-refractivity contribution in [3.05, 3.63) is 64.9 Å². The highest BCUT2D eigenvalue weighted by atomic mass is 19.1. The third kappa shape index (κ3) is 4.82. The molecule has 0 aliphatic carbocycles. The molecule has 180 valence electrons. The molecule has 34 heavy (non-hydrogen) atoms. The van der Waals surface area contributed by atoms with Crippen LogP contribution in [0, 0.1) is 12.7 Å². The van der Waals surface area contributed by atoms with Crippen LogP contribution in [-0.2, 0) is 0 Å². The number of carbonyl (C=O) groups excluding carboxylic acids is 1. The molecule has 0 unspecified atom stereocenters. The number of rotatable bonds is 4. The molecule has 4 heterocycles. The Balaban J connectivity index is 1.83. The summed E-state index contributed by atoms with van der Waals surface area (Å²) in [7, 11) is 0. The quantitative estimate of drug-likeness (QED) is 0.629. The van der Waals surface area contributed by atoms with Gasteiger partial charge in [-0.15, -0.1) is 0 Å². The van der Waals surface area contributed by atoms with Gasteiger partial charge < -0.3 is 14.6 Å². The van der Waals surface area contributed by atoms with E-state index >= 15 is 0 Å². The second kappa shape index (κ2) is 9.18. The monoisotopic (exact) mass is 464 g/mol. The van der Waals surface area contributed by atoms with E-state index in [-0.39, 0.29) is 17.1 Å². The zero-order chi connectivity index (χ0) is 24.6. The first-order chi connectivity index (χ1) is 16.1. The predicted molar refractivity (Wildman–Crippen MR) is 133 cm³/mol. The molecule has 0 radical (unpaired) electrons. The van der Waals surface area contributed by atoms with Crippen molar-refractivity contribution in [1.82, 2.24) is 19.3 Å². The molecule has 3 aromatic rings. The number of nitrogens with one attached hydrogen (secondary N) is 1. The van der Waals surface area contributed by atoms with E-state index in [9.17, 15) is 9.18 Å². The van der Waals surface area contributed by atoms with Crippen molar-refractivity contribution < 1.29 is 9.18 Å². The number of nitrogens with zero attached hydrogens (tertiary/aromatic N) is 5. The first-order valence-corrected chi connectivity index (χ1v) is 11.7. The van der Waals surface area contributed by atoms with Crippen LogP contribution in [0.5, 0.6) is 0 Å².